The highest BCUT2D eigenvalue weighted by atomic mass is 28.4. The highest BCUT2D eigenvalue weighted by molar-refractivity contribution is 6.72. The first-order valence-electron chi connectivity index (χ1n) is 19.4. The fourth-order valence-electron chi connectivity index (χ4n) is 9.01. The van der Waals surface area contributed by atoms with E-state index in [-0.39, 0.29) is 37.3 Å². The molecule has 1 unspecified atom stereocenters. The van der Waals surface area contributed by atoms with Gasteiger partial charge in [-0.25, -0.2) is 0 Å². The van der Waals surface area contributed by atoms with Crippen LogP contribution in [0.1, 0.15) is 47.2 Å². The number of aromatic amines is 1. The maximum Gasteiger partial charge on any atom is 0.264 e. The molecule has 2 amide bonds. The zero-order valence-electron chi connectivity index (χ0n) is 32.5. The molecule has 0 radical (unpaired) electrons. The highest BCUT2D eigenvalue weighted by Crippen LogP contribution is 2.60. The molecule has 1 fully saturated rings. The van der Waals surface area contributed by atoms with E-state index in [0.717, 1.165) is 27.6 Å². The number of H-pyrrole nitrogens is 1. The maximum absolute atomic E-state index is 16.5. The Morgan fingerprint density at radius 1 is 1.07 bits per heavy atom. The molecule has 1 spiro atoms. The number of rotatable bonds is 13. The second-order valence-corrected chi connectivity index (χ2v) is 19.5. The Hall–Kier alpha value is -5.63. The number of aromatic nitrogens is 4. The Morgan fingerprint density at radius 2 is 1.82 bits per heavy atom. The molecule has 2 aromatic heterocycles. The van der Waals surface area contributed by atoms with E-state index in [1.54, 1.807) is 29.8 Å². The third-order valence-electron chi connectivity index (χ3n) is 11.7. The van der Waals surface area contributed by atoms with Gasteiger partial charge >= 0.3 is 0 Å². The summed E-state index contributed by atoms with van der Waals surface area (Å²) in [4.78, 5) is 32.9. The summed E-state index contributed by atoms with van der Waals surface area (Å²) in [5.74, 6) is -0.591. The predicted molar refractivity (Wildman–Crippen MR) is 219 cm³/mol. The van der Waals surface area contributed by atoms with Gasteiger partial charge in [0.05, 0.1) is 50.1 Å². The van der Waals surface area contributed by atoms with Crippen LogP contribution in [-0.2, 0) is 39.4 Å². The number of halogens is 1. The number of nitrogens with one attached hydrogen (secondary N) is 2. The number of nitrogens with zero attached hydrogens (tertiary/aromatic N) is 4. The van der Waals surface area contributed by atoms with Gasteiger partial charge in [0.25, 0.3) is 5.91 Å². The second-order valence-electron chi connectivity index (χ2n) is 15.7. The van der Waals surface area contributed by atoms with Crippen molar-refractivity contribution in [2.24, 2.45) is 5.92 Å². The summed E-state index contributed by atoms with van der Waals surface area (Å²) in [7, 11) is -1.83. The number of hydrogen-bond acceptors (Lipinski definition) is 7. The molecule has 4 aromatic carbocycles. The number of aryl methyl sites for hydroxylation is 1. The number of amides is 2. The van der Waals surface area contributed by atoms with E-state index in [9.17, 15) is 14.7 Å². The lowest BCUT2D eigenvalue weighted by atomic mass is 9.82. The first-order chi connectivity index (χ1) is 27.5. The Morgan fingerprint density at radius 3 is 2.56 bits per heavy atom. The molecule has 3 N–H and O–H groups in total. The first-order valence-corrected chi connectivity index (χ1v) is 22.3. The maximum atomic E-state index is 16.5. The van der Waals surface area contributed by atoms with Crippen LogP contribution in [0.2, 0.25) is 18.6 Å². The third-order valence-corrected chi connectivity index (χ3v) is 14.2. The van der Waals surface area contributed by atoms with Crippen molar-refractivity contribution in [1.82, 2.24) is 20.0 Å². The summed E-state index contributed by atoms with van der Waals surface area (Å²) in [5, 5.41) is 22.9. The lowest BCUT2D eigenvalue weighted by Crippen LogP contribution is -2.45. The van der Waals surface area contributed by atoms with Crippen molar-refractivity contribution in [3.8, 4) is 5.75 Å². The Kier molecular flexibility index (Phi) is 10.3. The molecule has 11 nitrogen and oxygen atoms in total. The summed E-state index contributed by atoms with van der Waals surface area (Å²) in [6.45, 7) is 5.84. The lowest BCUT2D eigenvalue weighted by molar-refractivity contribution is -0.146. The van der Waals surface area contributed by atoms with Gasteiger partial charge in [-0.1, -0.05) is 72.8 Å². The molecule has 4 heterocycles. The van der Waals surface area contributed by atoms with E-state index in [1.807, 2.05) is 116 Å². The van der Waals surface area contributed by atoms with Gasteiger partial charge in [-0.2, -0.15) is 0 Å². The van der Waals surface area contributed by atoms with Crippen molar-refractivity contribution >= 4 is 42.5 Å². The van der Waals surface area contributed by atoms with Crippen LogP contribution in [0, 0.1) is 5.92 Å². The topological polar surface area (TPSA) is 135 Å². The number of carbonyl (C=O) groups is 2. The number of benzene rings is 4. The molecule has 0 aliphatic carbocycles. The van der Waals surface area contributed by atoms with E-state index in [1.165, 1.54) is 0 Å². The van der Waals surface area contributed by atoms with Gasteiger partial charge in [0.15, 0.2) is 5.60 Å². The number of methoxy groups -OCH3 is 1. The summed E-state index contributed by atoms with van der Waals surface area (Å²) < 4.78 is 30.8. The highest BCUT2D eigenvalue weighted by Gasteiger charge is 2.66. The van der Waals surface area contributed by atoms with E-state index in [0.29, 0.717) is 41.3 Å². The minimum absolute atomic E-state index is 0.118. The number of para-hydroxylation sites is 1. The fourth-order valence-corrected chi connectivity index (χ4v) is 11.6. The van der Waals surface area contributed by atoms with Crippen molar-refractivity contribution in [2.75, 3.05) is 23.9 Å². The Labute approximate surface area is 332 Å². The number of ether oxygens (including phenoxy) is 2. The average Bonchev–Trinajstić information content (AvgIpc) is 3.97. The van der Waals surface area contributed by atoms with Crippen LogP contribution in [0.4, 0.5) is 15.5 Å². The number of anilines is 2. The normalized spacial score (nSPS) is 21.0. The molecule has 294 valence electrons. The van der Waals surface area contributed by atoms with Crippen molar-refractivity contribution in [3.63, 3.8) is 0 Å². The molecule has 2 aliphatic rings. The fraction of sp³-hybridized carbons (Fsp3) is 0.318. The molecule has 6 aromatic rings. The summed E-state index contributed by atoms with van der Waals surface area (Å²) in [6, 6.07) is 30.6. The van der Waals surface area contributed by atoms with Crippen LogP contribution in [-0.4, -0.2) is 65.1 Å². The van der Waals surface area contributed by atoms with Gasteiger partial charge in [0, 0.05) is 52.6 Å². The standard InChI is InChI=1S/C44H47FN6O5Si/c1-28-42(57(3,4)45)40(20-21-50-26-38(48-49-50)35(27-52)30-10-6-5-7-11-30)56-44(28)36-23-33(55-2)18-19-39(36)51(43(44)54)25-29-14-16-32(17-15-29)47-41(53)22-31-24-46-37-13-9-8-12-34(31)37/h5-19,23-24,26,28,35,40,42,46,52H,20-22,25,27H2,1-4H3,(H,47,53)/t28-,35?,40+,42-,44+/m0/s1. The van der Waals surface area contributed by atoms with Crippen molar-refractivity contribution in [2.45, 2.75) is 69.1 Å². The van der Waals surface area contributed by atoms with Gasteiger partial charge in [-0.05, 0) is 72.6 Å². The van der Waals surface area contributed by atoms with Gasteiger partial charge < -0.3 is 33.9 Å². The van der Waals surface area contributed by atoms with E-state index >= 15 is 4.11 Å². The molecular weight excluding hydrogens is 740 g/mol. The predicted octanol–water partition coefficient (Wildman–Crippen LogP) is 7.49. The molecule has 13 heteroatoms. The number of hydrogen-bond donors (Lipinski definition) is 3. The molecule has 1 saturated heterocycles. The minimum atomic E-state index is -3.41. The SMILES string of the molecule is COc1ccc2c(c1)[C@@]1(O[C@H](CCn3cc(C(CO)c4ccccc4)nn3)[C@@H]([Si](C)(C)F)[C@@H]1C)C(=O)N2Cc1ccc(NC(=O)Cc2c[nH]c3ccccc23)cc1. The van der Waals surface area contributed by atoms with E-state index in [4.69, 9.17) is 9.47 Å². The van der Waals surface area contributed by atoms with Crippen molar-refractivity contribution in [3.05, 3.63) is 137 Å². The molecule has 0 saturated carbocycles. The molecule has 8 rings (SSSR count). The lowest BCUT2D eigenvalue weighted by Gasteiger charge is -2.31. The van der Waals surface area contributed by atoms with Crippen LogP contribution in [0.3, 0.4) is 0 Å². The van der Waals surface area contributed by atoms with Crippen LogP contribution in [0.15, 0.2) is 109 Å². The largest absolute Gasteiger partial charge is 0.497 e. The van der Waals surface area contributed by atoms with Gasteiger partial charge in [-0.15, -0.1) is 5.10 Å². The number of fused-ring (bicyclic) bond motifs is 3. The Bertz CT molecular complexity index is 2400. The molecule has 2 aliphatic heterocycles. The monoisotopic (exact) mass is 786 g/mol. The van der Waals surface area contributed by atoms with Crippen LogP contribution < -0.4 is 15.0 Å². The van der Waals surface area contributed by atoms with Crippen LogP contribution in [0.25, 0.3) is 10.9 Å². The van der Waals surface area contributed by atoms with E-state index in [2.05, 4.69) is 20.6 Å². The minimum Gasteiger partial charge on any atom is -0.497 e. The van der Waals surface area contributed by atoms with Crippen LogP contribution in [0.5, 0.6) is 5.75 Å². The zero-order chi connectivity index (χ0) is 39.9. The summed E-state index contributed by atoms with van der Waals surface area (Å²) >= 11 is 0. The van der Waals surface area contributed by atoms with Gasteiger partial charge in [0.2, 0.25) is 14.3 Å². The third kappa shape index (κ3) is 7.15. The summed E-state index contributed by atoms with van der Waals surface area (Å²) in [6.07, 6.45) is 3.75. The number of aliphatic hydroxyl groups is 1. The smallest absolute Gasteiger partial charge is 0.264 e. The molecule has 57 heavy (non-hydrogen) atoms. The first kappa shape index (κ1) is 38.3. The zero-order valence-corrected chi connectivity index (χ0v) is 33.5. The van der Waals surface area contributed by atoms with Crippen molar-refractivity contribution in [1.29, 1.82) is 0 Å². The Balaban J connectivity index is 1.01. The molecule has 0 bridgehead atoms. The van der Waals surface area contributed by atoms with Crippen molar-refractivity contribution < 1.29 is 28.3 Å². The quantitative estimate of drug-likeness (QED) is 0.0817. The molecular formula is C44H47FN6O5Si. The average molecular weight is 787 g/mol. The number of aliphatic hydroxyl groups excluding tert-OH is 1. The van der Waals surface area contributed by atoms with E-state index < -0.39 is 31.6 Å². The number of carbonyl (C=O) groups excluding carboxylic acids is 2. The van der Waals surface area contributed by atoms with Crippen LogP contribution >= 0.6 is 0 Å². The second kappa shape index (κ2) is 15.4. The van der Waals surface area contributed by atoms with Gasteiger partial charge in [0.1, 0.15) is 5.75 Å². The molecule has 5 atom stereocenters. The summed E-state index contributed by atoms with van der Waals surface area (Å²) in [5.41, 5.74) is 4.44. The van der Waals surface area contributed by atoms with Gasteiger partial charge in [-0.3, -0.25) is 14.3 Å².